The predicted molar refractivity (Wildman–Crippen MR) is 59.1 cm³/mol. The maximum absolute atomic E-state index is 10.4. The van der Waals surface area contributed by atoms with E-state index in [1.54, 1.807) is 0 Å². The van der Waals surface area contributed by atoms with Crippen LogP contribution in [0.5, 0.6) is 5.75 Å². The Labute approximate surface area is 91.0 Å². The third-order valence-electron chi connectivity index (χ3n) is 1.82. The molecule has 15 heavy (non-hydrogen) atoms. The first-order valence-electron chi connectivity index (χ1n) is 4.40. The van der Waals surface area contributed by atoms with Crippen molar-refractivity contribution >= 4 is 28.5 Å². The van der Waals surface area contributed by atoms with Gasteiger partial charge in [0.05, 0.1) is 5.75 Å². The molecule has 4 nitrogen and oxygen atoms in total. The van der Waals surface area contributed by atoms with Gasteiger partial charge in [0, 0.05) is 0 Å². The zero-order valence-electron chi connectivity index (χ0n) is 7.84. The number of carbonyl (C=O) groups is 1. The molecule has 1 aliphatic heterocycles. The van der Waals surface area contributed by atoms with Crippen LogP contribution in [0, 0.1) is 0 Å². The van der Waals surface area contributed by atoms with Crippen molar-refractivity contribution in [1.82, 2.24) is 0 Å². The van der Waals surface area contributed by atoms with Crippen LogP contribution in [-0.2, 0) is 4.79 Å². The summed E-state index contributed by atoms with van der Waals surface area (Å²) in [6.45, 7) is 0.356. The molecule has 78 valence electrons. The molecular weight excluding hydrogens is 214 g/mol. The lowest BCUT2D eigenvalue weighted by Crippen LogP contribution is -2.14. The number of fused-ring (bicyclic) bond motifs is 1. The number of rotatable bonds is 2. The van der Waals surface area contributed by atoms with E-state index in [0.29, 0.717) is 11.7 Å². The van der Waals surface area contributed by atoms with Gasteiger partial charge in [-0.15, -0.1) is 0 Å². The molecule has 1 N–H and O–H groups in total. The Bertz CT molecular complexity index is 417. The first kappa shape index (κ1) is 10.0. The summed E-state index contributed by atoms with van der Waals surface area (Å²) in [6, 6.07) is 7.44. The van der Waals surface area contributed by atoms with Crippen LogP contribution < -0.4 is 4.74 Å². The number of hydrogen-bond donors (Lipinski definition) is 1. The molecule has 0 spiro atoms. The van der Waals surface area contributed by atoms with Crippen LogP contribution in [0.2, 0.25) is 0 Å². The molecule has 0 radical (unpaired) electrons. The molecule has 0 aliphatic carbocycles. The number of benzene rings is 1. The van der Waals surface area contributed by atoms with Crippen LogP contribution in [0.1, 0.15) is 0 Å². The number of thioether (sulfide) groups is 1. The summed E-state index contributed by atoms with van der Waals surface area (Å²) in [6.07, 6.45) is 0. The number of carboxylic acids is 1. The molecule has 1 aliphatic rings. The fraction of sp³-hybridized carbons (Fsp3) is 0.200. The first-order valence-corrected chi connectivity index (χ1v) is 5.38. The van der Waals surface area contributed by atoms with Crippen molar-refractivity contribution < 1.29 is 14.6 Å². The fourth-order valence-electron chi connectivity index (χ4n) is 1.20. The van der Waals surface area contributed by atoms with E-state index < -0.39 is 5.97 Å². The van der Waals surface area contributed by atoms with Crippen LogP contribution >= 0.6 is 11.8 Å². The number of ether oxygens (including phenoxy) is 1. The number of aliphatic carboxylic acids is 1. The quantitative estimate of drug-likeness (QED) is 0.832. The van der Waals surface area contributed by atoms with Crippen LogP contribution in [0.15, 0.2) is 29.3 Å². The molecule has 0 fully saturated rings. The van der Waals surface area contributed by atoms with Gasteiger partial charge in [-0.3, -0.25) is 4.79 Å². The highest BCUT2D eigenvalue weighted by atomic mass is 32.2. The van der Waals surface area contributed by atoms with E-state index in [1.165, 1.54) is 11.8 Å². The second-order valence-electron chi connectivity index (χ2n) is 2.94. The average Bonchev–Trinajstić information content (AvgIpc) is 2.26. The van der Waals surface area contributed by atoms with Crippen LogP contribution in [-0.4, -0.2) is 28.5 Å². The smallest absolute Gasteiger partial charge is 0.313 e. The van der Waals surface area contributed by atoms with E-state index in [0.717, 1.165) is 11.4 Å². The van der Waals surface area contributed by atoms with Crippen molar-refractivity contribution in [2.45, 2.75) is 0 Å². The predicted octanol–water partition coefficient (Wildman–Crippen LogP) is 1.93. The lowest BCUT2D eigenvalue weighted by Gasteiger charge is -2.15. The minimum absolute atomic E-state index is 0.0182. The SMILES string of the molecule is O=C(O)CSC1=Nc2ccccc2OC1. The Morgan fingerprint density at radius 1 is 1.53 bits per heavy atom. The van der Waals surface area contributed by atoms with Crippen LogP contribution in [0.25, 0.3) is 0 Å². The van der Waals surface area contributed by atoms with Gasteiger partial charge in [0.1, 0.15) is 23.1 Å². The standard InChI is InChI=1S/C10H9NO3S/c12-10(13)6-15-9-5-14-8-4-2-1-3-7(8)11-9/h1-4H,5-6H2,(H,12,13). The molecule has 0 saturated heterocycles. The van der Waals surface area contributed by atoms with Gasteiger partial charge >= 0.3 is 5.97 Å². The number of aliphatic imine (C=N–C) groups is 1. The van der Waals surface area contributed by atoms with Crippen molar-refractivity contribution in [3.05, 3.63) is 24.3 Å². The summed E-state index contributed by atoms with van der Waals surface area (Å²) in [5, 5.41) is 9.23. The van der Waals surface area contributed by atoms with E-state index in [9.17, 15) is 4.79 Å². The average molecular weight is 223 g/mol. The Hall–Kier alpha value is -1.49. The van der Waals surface area contributed by atoms with Crippen LogP contribution in [0.3, 0.4) is 0 Å². The number of para-hydroxylation sites is 2. The molecule has 0 saturated carbocycles. The molecule has 0 bridgehead atoms. The topological polar surface area (TPSA) is 58.9 Å². The van der Waals surface area contributed by atoms with Crippen LogP contribution in [0.4, 0.5) is 5.69 Å². The summed E-state index contributed by atoms with van der Waals surface area (Å²) in [4.78, 5) is 14.7. The van der Waals surface area contributed by atoms with Gasteiger partial charge in [0.15, 0.2) is 0 Å². The van der Waals surface area contributed by atoms with Gasteiger partial charge in [-0.2, -0.15) is 0 Å². The first-order chi connectivity index (χ1) is 7.25. The molecule has 1 aromatic carbocycles. The monoisotopic (exact) mass is 223 g/mol. The summed E-state index contributed by atoms with van der Waals surface area (Å²) < 4.78 is 5.42. The second kappa shape index (κ2) is 4.35. The Morgan fingerprint density at radius 3 is 3.13 bits per heavy atom. The minimum Gasteiger partial charge on any atom is -0.484 e. The Balaban J connectivity index is 2.11. The number of carboxylic acid groups (broad SMARTS) is 1. The highest BCUT2D eigenvalue weighted by Crippen LogP contribution is 2.31. The molecule has 5 heteroatoms. The second-order valence-corrected chi connectivity index (χ2v) is 3.99. The molecule has 0 amide bonds. The molecule has 1 aromatic rings. The van der Waals surface area contributed by atoms with Gasteiger partial charge < -0.3 is 9.84 Å². The van der Waals surface area contributed by atoms with Crippen molar-refractivity contribution in [1.29, 1.82) is 0 Å². The minimum atomic E-state index is -0.846. The fourth-order valence-corrected chi connectivity index (χ4v) is 1.79. The third kappa shape index (κ3) is 2.50. The summed E-state index contributed by atoms with van der Waals surface area (Å²) in [5.41, 5.74) is 0.761. The molecule has 0 atom stereocenters. The van der Waals surface area contributed by atoms with Crippen molar-refractivity contribution in [3.8, 4) is 5.75 Å². The largest absolute Gasteiger partial charge is 0.484 e. The van der Waals surface area contributed by atoms with E-state index in [2.05, 4.69) is 4.99 Å². The van der Waals surface area contributed by atoms with Crippen molar-refractivity contribution in [3.63, 3.8) is 0 Å². The van der Waals surface area contributed by atoms with Gasteiger partial charge in [-0.1, -0.05) is 23.9 Å². The number of hydrogen-bond acceptors (Lipinski definition) is 4. The van der Waals surface area contributed by atoms with E-state index in [-0.39, 0.29) is 5.75 Å². The van der Waals surface area contributed by atoms with E-state index in [4.69, 9.17) is 9.84 Å². The highest BCUT2D eigenvalue weighted by Gasteiger charge is 2.13. The Kier molecular flexibility index (Phi) is 2.91. The van der Waals surface area contributed by atoms with E-state index >= 15 is 0 Å². The normalized spacial score (nSPS) is 13.7. The van der Waals surface area contributed by atoms with E-state index in [1.807, 2.05) is 24.3 Å². The van der Waals surface area contributed by atoms with Gasteiger partial charge in [-0.05, 0) is 12.1 Å². The summed E-state index contributed by atoms with van der Waals surface area (Å²) in [7, 11) is 0. The molecule has 0 unspecified atom stereocenters. The van der Waals surface area contributed by atoms with Crippen molar-refractivity contribution in [2.24, 2.45) is 4.99 Å². The van der Waals surface area contributed by atoms with Crippen molar-refractivity contribution in [2.75, 3.05) is 12.4 Å². The van der Waals surface area contributed by atoms with Gasteiger partial charge in [-0.25, -0.2) is 4.99 Å². The van der Waals surface area contributed by atoms with Gasteiger partial charge in [0.25, 0.3) is 0 Å². The lowest BCUT2D eigenvalue weighted by molar-refractivity contribution is -0.133. The molecule has 0 aromatic heterocycles. The molecule has 2 rings (SSSR count). The number of nitrogens with zero attached hydrogens (tertiary/aromatic N) is 1. The lowest BCUT2D eigenvalue weighted by atomic mass is 10.3. The zero-order valence-corrected chi connectivity index (χ0v) is 8.66. The van der Waals surface area contributed by atoms with Gasteiger partial charge in [0.2, 0.25) is 0 Å². The molecular formula is C10H9NO3S. The maximum Gasteiger partial charge on any atom is 0.313 e. The Morgan fingerprint density at radius 2 is 2.33 bits per heavy atom. The zero-order chi connectivity index (χ0) is 10.7. The summed E-state index contributed by atoms with van der Waals surface area (Å²) >= 11 is 1.19. The highest BCUT2D eigenvalue weighted by molar-refractivity contribution is 8.14. The summed E-state index contributed by atoms with van der Waals surface area (Å²) in [5.74, 6) is -0.0802. The third-order valence-corrected chi connectivity index (χ3v) is 2.76. The maximum atomic E-state index is 10.4. The molecule has 1 heterocycles.